The highest BCUT2D eigenvalue weighted by molar-refractivity contribution is 7.95. The van der Waals surface area contributed by atoms with Gasteiger partial charge >= 0.3 is 0 Å². The predicted octanol–water partition coefficient (Wildman–Crippen LogP) is 4.28. The third-order valence-corrected chi connectivity index (χ3v) is 6.33. The molecule has 1 unspecified atom stereocenters. The lowest BCUT2D eigenvalue weighted by molar-refractivity contribution is 0.105. The number of Topliss-reactive ketones (excluding diaryl/α,β-unsaturated/α-hetero) is 1. The molecule has 1 aliphatic rings. The molecule has 3 aromatic carbocycles. The van der Waals surface area contributed by atoms with Crippen molar-refractivity contribution in [2.75, 3.05) is 14.2 Å². The second-order valence-corrected chi connectivity index (χ2v) is 7.82. The van der Waals surface area contributed by atoms with Crippen LogP contribution in [0, 0.1) is 0 Å². The molecule has 29 heavy (non-hydrogen) atoms. The molecule has 1 atom stereocenters. The van der Waals surface area contributed by atoms with Crippen LogP contribution in [0.4, 0.5) is 0 Å². The van der Waals surface area contributed by atoms with Gasteiger partial charge in [-0.3, -0.25) is 4.79 Å². The summed E-state index contributed by atoms with van der Waals surface area (Å²) < 4.78 is 23.8. The first-order chi connectivity index (χ1) is 14.0. The molecule has 6 heteroatoms. The van der Waals surface area contributed by atoms with E-state index < -0.39 is 10.8 Å². The summed E-state index contributed by atoms with van der Waals surface area (Å²) in [5.74, 6) is 1.09. The Morgan fingerprint density at radius 1 is 0.862 bits per heavy atom. The fraction of sp³-hybridized carbons (Fsp3) is 0.0870. The highest BCUT2D eigenvalue weighted by atomic mass is 32.2. The maximum atomic E-state index is 13.4. The van der Waals surface area contributed by atoms with E-state index in [2.05, 4.69) is 0 Å². The topological polar surface area (TPSA) is 72.8 Å². The first-order valence-electron chi connectivity index (χ1n) is 8.86. The maximum Gasteiger partial charge on any atom is 0.194 e. The molecular formula is C23H18O5S. The quantitative estimate of drug-likeness (QED) is 0.640. The van der Waals surface area contributed by atoms with E-state index in [1.807, 2.05) is 0 Å². The van der Waals surface area contributed by atoms with E-state index >= 15 is 0 Å². The van der Waals surface area contributed by atoms with Crippen molar-refractivity contribution in [3.05, 3.63) is 83.4 Å². The summed E-state index contributed by atoms with van der Waals surface area (Å²) in [5.41, 5.74) is 2.09. The highest BCUT2D eigenvalue weighted by Gasteiger charge is 2.34. The maximum absolute atomic E-state index is 13.4. The molecule has 1 aliphatic heterocycles. The van der Waals surface area contributed by atoms with Crippen molar-refractivity contribution in [2.24, 2.45) is 0 Å². The van der Waals surface area contributed by atoms with E-state index in [0.29, 0.717) is 43.6 Å². The van der Waals surface area contributed by atoms with Gasteiger partial charge in [0.2, 0.25) is 0 Å². The first-order valence-corrected chi connectivity index (χ1v) is 10.0. The Bertz CT molecular complexity index is 1140. The Hall–Kier alpha value is -3.38. The summed E-state index contributed by atoms with van der Waals surface area (Å²) in [4.78, 5) is 14.4. The normalized spacial score (nSPS) is 15.2. The minimum atomic E-state index is -1.56. The summed E-state index contributed by atoms with van der Waals surface area (Å²) in [6, 6.07) is 18.4. The van der Waals surface area contributed by atoms with Gasteiger partial charge < -0.3 is 14.6 Å². The van der Waals surface area contributed by atoms with Gasteiger partial charge in [-0.15, -0.1) is 0 Å². The van der Waals surface area contributed by atoms with Crippen LogP contribution in [-0.4, -0.2) is 29.3 Å². The van der Waals surface area contributed by atoms with E-state index in [0.717, 1.165) is 0 Å². The van der Waals surface area contributed by atoms with E-state index in [1.54, 1.807) is 61.7 Å². The second-order valence-electron chi connectivity index (χ2n) is 6.44. The third kappa shape index (κ3) is 3.32. The van der Waals surface area contributed by atoms with Crippen LogP contribution in [0.2, 0.25) is 0 Å². The number of benzene rings is 3. The van der Waals surface area contributed by atoms with Crippen molar-refractivity contribution in [3.63, 3.8) is 0 Å². The molecule has 1 heterocycles. The Labute approximate surface area is 170 Å². The first kappa shape index (κ1) is 19.0. The molecule has 4 rings (SSSR count). The lowest BCUT2D eigenvalue weighted by Gasteiger charge is -2.08. The van der Waals surface area contributed by atoms with Crippen molar-refractivity contribution in [2.45, 2.75) is 4.90 Å². The zero-order chi connectivity index (χ0) is 20.5. The van der Waals surface area contributed by atoms with Gasteiger partial charge in [0.15, 0.2) is 5.78 Å². The molecule has 0 saturated heterocycles. The number of phenolic OH excluding ortho intramolecular Hbond substituents is 1. The molecule has 0 spiro atoms. The molecule has 0 fully saturated rings. The van der Waals surface area contributed by atoms with Crippen molar-refractivity contribution >= 4 is 27.1 Å². The van der Waals surface area contributed by atoms with Gasteiger partial charge in [-0.05, 0) is 60.2 Å². The van der Waals surface area contributed by atoms with Gasteiger partial charge in [-0.25, -0.2) is 4.21 Å². The molecule has 0 saturated carbocycles. The number of rotatable bonds is 5. The predicted molar refractivity (Wildman–Crippen MR) is 112 cm³/mol. The van der Waals surface area contributed by atoms with E-state index in [4.69, 9.17) is 9.47 Å². The summed E-state index contributed by atoms with van der Waals surface area (Å²) in [6.07, 6.45) is 0. The van der Waals surface area contributed by atoms with Gasteiger partial charge in [-0.1, -0.05) is 12.1 Å². The number of carbonyl (C=O) groups excluding carboxylic acids is 1. The largest absolute Gasteiger partial charge is 0.508 e. The summed E-state index contributed by atoms with van der Waals surface area (Å²) in [6.45, 7) is 0. The lowest BCUT2D eigenvalue weighted by Crippen LogP contribution is -2.03. The summed E-state index contributed by atoms with van der Waals surface area (Å²) >= 11 is 0. The van der Waals surface area contributed by atoms with Crippen LogP contribution in [0.25, 0.3) is 10.5 Å². The van der Waals surface area contributed by atoms with Crippen LogP contribution in [0.15, 0.2) is 71.6 Å². The number of hydrogen-bond donors (Lipinski definition) is 1. The summed E-state index contributed by atoms with van der Waals surface area (Å²) in [7, 11) is 1.54. The average molecular weight is 406 g/mol. The Morgan fingerprint density at radius 2 is 1.48 bits per heavy atom. The second kappa shape index (κ2) is 7.56. The van der Waals surface area contributed by atoms with E-state index in [-0.39, 0.29) is 11.5 Å². The van der Waals surface area contributed by atoms with Crippen molar-refractivity contribution in [1.82, 2.24) is 0 Å². The van der Waals surface area contributed by atoms with Gasteiger partial charge in [0.25, 0.3) is 0 Å². The molecule has 0 bridgehead atoms. The number of aromatic hydroxyl groups is 1. The minimum absolute atomic E-state index is 0.0975. The van der Waals surface area contributed by atoms with Crippen LogP contribution >= 0.6 is 0 Å². The van der Waals surface area contributed by atoms with Crippen molar-refractivity contribution in [3.8, 4) is 17.2 Å². The lowest BCUT2D eigenvalue weighted by atomic mass is 9.94. The molecular weight excluding hydrogens is 388 g/mol. The zero-order valence-electron chi connectivity index (χ0n) is 15.8. The monoisotopic (exact) mass is 406 g/mol. The Balaban J connectivity index is 1.91. The number of carbonyl (C=O) groups is 1. The number of allylic oxidation sites excluding steroid dienone is 1. The standard InChI is InChI=1S/C23H18O5S/c1-27-17-9-5-14(6-10-17)22(25)21-19-12-11-18(28-2)13-20(19)29(26)23(21)15-3-7-16(24)8-4-15/h3-13,24H,1-2H3. The Kier molecular flexibility index (Phi) is 4.94. The van der Waals surface area contributed by atoms with Gasteiger partial charge in [0.05, 0.1) is 34.8 Å². The average Bonchev–Trinajstić information content (AvgIpc) is 3.05. The smallest absolute Gasteiger partial charge is 0.194 e. The molecule has 0 aliphatic carbocycles. The SMILES string of the molecule is COc1ccc(C(=O)C2=C(c3ccc(O)cc3)S(=O)c3cc(OC)ccc32)cc1. The van der Waals surface area contributed by atoms with Crippen LogP contribution < -0.4 is 9.47 Å². The van der Waals surface area contributed by atoms with Crippen LogP contribution in [0.1, 0.15) is 21.5 Å². The molecule has 146 valence electrons. The highest BCUT2D eigenvalue weighted by Crippen LogP contribution is 2.44. The zero-order valence-corrected chi connectivity index (χ0v) is 16.7. The number of hydrogen-bond acceptors (Lipinski definition) is 5. The van der Waals surface area contributed by atoms with E-state index in [1.165, 1.54) is 19.2 Å². The molecule has 0 amide bonds. The van der Waals surface area contributed by atoms with Crippen LogP contribution in [0.3, 0.4) is 0 Å². The van der Waals surface area contributed by atoms with Gasteiger partial charge in [-0.2, -0.15) is 0 Å². The fourth-order valence-corrected chi connectivity index (χ4v) is 4.84. The number of ether oxygens (including phenoxy) is 2. The molecule has 5 nitrogen and oxygen atoms in total. The molecule has 0 radical (unpaired) electrons. The molecule has 0 aromatic heterocycles. The molecule has 1 N–H and O–H groups in total. The number of ketones is 1. The number of fused-ring (bicyclic) bond motifs is 1. The van der Waals surface area contributed by atoms with Gasteiger partial charge in [0.1, 0.15) is 17.2 Å². The van der Waals surface area contributed by atoms with Crippen molar-refractivity contribution < 1.29 is 23.6 Å². The van der Waals surface area contributed by atoms with Gasteiger partial charge in [0, 0.05) is 16.7 Å². The summed E-state index contributed by atoms with van der Waals surface area (Å²) in [5, 5.41) is 9.62. The van der Waals surface area contributed by atoms with Crippen molar-refractivity contribution in [1.29, 1.82) is 0 Å². The van der Waals surface area contributed by atoms with E-state index in [9.17, 15) is 14.1 Å². The molecule has 3 aromatic rings. The van der Waals surface area contributed by atoms with Crippen LogP contribution in [0.5, 0.6) is 17.2 Å². The fourth-order valence-electron chi connectivity index (χ4n) is 3.29. The number of phenols is 1. The third-order valence-electron chi connectivity index (χ3n) is 4.78. The number of methoxy groups -OCH3 is 2. The minimum Gasteiger partial charge on any atom is -0.508 e. The Morgan fingerprint density at radius 3 is 2.10 bits per heavy atom. The van der Waals surface area contributed by atoms with Crippen LogP contribution in [-0.2, 0) is 10.8 Å².